The number of rotatable bonds is 15. The molecular formula is C15H30N4O9. The van der Waals surface area contributed by atoms with E-state index < -0.39 is 18.3 Å². The first-order valence-corrected chi connectivity index (χ1v) is 8.80. The maximum absolute atomic E-state index is 11.3. The zero-order valence-corrected chi connectivity index (χ0v) is 15.7. The lowest BCUT2D eigenvalue weighted by atomic mass is 10.4. The van der Waals surface area contributed by atoms with E-state index >= 15 is 0 Å². The van der Waals surface area contributed by atoms with Crippen molar-refractivity contribution >= 4 is 18.3 Å². The van der Waals surface area contributed by atoms with Crippen LogP contribution in [0.2, 0.25) is 0 Å². The number of nitrogens with zero attached hydrogens (tertiary/aromatic N) is 1. The summed E-state index contributed by atoms with van der Waals surface area (Å²) in [6, 6.07) is 0. The topological polar surface area (TPSA) is 179 Å². The Labute approximate surface area is 162 Å². The molecule has 28 heavy (non-hydrogen) atoms. The van der Waals surface area contributed by atoms with Crippen LogP contribution in [-0.2, 0) is 14.2 Å². The summed E-state index contributed by atoms with van der Waals surface area (Å²) in [5.41, 5.74) is 0. The molecule has 0 fully saturated rings. The van der Waals surface area contributed by atoms with Gasteiger partial charge in [0.1, 0.15) is 19.8 Å². The molecule has 13 heteroatoms. The molecule has 164 valence electrons. The summed E-state index contributed by atoms with van der Waals surface area (Å²) in [6.07, 6.45) is -1.98. The molecule has 0 radical (unpaired) electrons. The third kappa shape index (κ3) is 15.9. The van der Waals surface area contributed by atoms with Crippen molar-refractivity contribution in [2.75, 3.05) is 78.9 Å². The van der Waals surface area contributed by atoms with Gasteiger partial charge < -0.3 is 45.5 Å². The Hall–Kier alpha value is -2.35. The number of nitrogens with one attached hydrogen (secondary N) is 3. The minimum atomic E-state index is -0.662. The summed E-state index contributed by atoms with van der Waals surface area (Å²) in [5, 5.41) is 33.3. The van der Waals surface area contributed by atoms with Crippen molar-refractivity contribution in [1.29, 1.82) is 0 Å². The van der Waals surface area contributed by atoms with Crippen LogP contribution in [0.5, 0.6) is 0 Å². The summed E-state index contributed by atoms with van der Waals surface area (Å²) in [4.78, 5) is 35.9. The Morgan fingerprint density at radius 2 is 0.893 bits per heavy atom. The van der Waals surface area contributed by atoms with Gasteiger partial charge in [-0.15, -0.1) is 0 Å². The minimum Gasteiger partial charge on any atom is -0.447 e. The van der Waals surface area contributed by atoms with Gasteiger partial charge in [0.15, 0.2) is 0 Å². The van der Waals surface area contributed by atoms with Crippen LogP contribution in [0.1, 0.15) is 0 Å². The Morgan fingerprint density at radius 3 is 1.14 bits per heavy atom. The Kier molecular flexibility index (Phi) is 16.5. The van der Waals surface area contributed by atoms with Crippen LogP contribution in [0.4, 0.5) is 14.4 Å². The second kappa shape index (κ2) is 18.0. The van der Waals surface area contributed by atoms with Gasteiger partial charge in [-0.2, -0.15) is 0 Å². The second-order valence-electron chi connectivity index (χ2n) is 5.20. The third-order valence-electron chi connectivity index (χ3n) is 3.07. The number of carbonyl (C=O) groups is 3. The zero-order chi connectivity index (χ0) is 21.0. The van der Waals surface area contributed by atoms with Crippen molar-refractivity contribution in [1.82, 2.24) is 20.9 Å². The largest absolute Gasteiger partial charge is 0.447 e. The average molecular weight is 410 g/mol. The quantitative estimate of drug-likeness (QED) is 0.157. The maximum atomic E-state index is 11.3. The Balaban J connectivity index is 4.23. The molecule has 0 aliphatic carbocycles. The van der Waals surface area contributed by atoms with Crippen molar-refractivity contribution in [2.45, 2.75) is 0 Å². The van der Waals surface area contributed by atoms with E-state index in [-0.39, 0.29) is 59.3 Å². The predicted octanol–water partition coefficient (Wildman–Crippen LogP) is -2.56. The predicted molar refractivity (Wildman–Crippen MR) is 95.7 cm³/mol. The zero-order valence-electron chi connectivity index (χ0n) is 15.7. The highest BCUT2D eigenvalue weighted by Gasteiger charge is 2.09. The molecule has 0 bridgehead atoms. The van der Waals surface area contributed by atoms with Gasteiger partial charge in [0.2, 0.25) is 0 Å². The smallest absolute Gasteiger partial charge is 0.407 e. The van der Waals surface area contributed by atoms with Crippen molar-refractivity contribution in [3.05, 3.63) is 0 Å². The van der Waals surface area contributed by atoms with Crippen LogP contribution in [0.3, 0.4) is 0 Å². The van der Waals surface area contributed by atoms with E-state index in [1.165, 1.54) is 0 Å². The number of alkyl carbamates (subject to hydrolysis) is 3. The molecule has 0 aromatic heterocycles. The fourth-order valence-corrected chi connectivity index (χ4v) is 1.85. The van der Waals surface area contributed by atoms with E-state index in [4.69, 9.17) is 15.3 Å². The summed E-state index contributed by atoms with van der Waals surface area (Å²) < 4.78 is 14.0. The van der Waals surface area contributed by atoms with E-state index in [9.17, 15) is 14.4 Å². The highest BCUT2D eigenvalue weighted by atomic mass is 16.6. The first-order valence-electron chi connectivity index (χ1n) is 8.80. The van der Waals surface area contributed by atoms with Crippen molar-refractivity contribution in [3.8, 4) is 0 Å². The fraction of sp³-hybridized carbons (Fsp3) is 0.800. The minimum absolute atomic E-state index is 0.102. The summed E-state index contributed by atoms with van der Waals surface area (Å²) in [5.74, 6) is 0. The van der Waals surface area contributed by atoms with Crippen LogP contribution in [0.25, 0.3) is 0 Å². The van der Waals surface area contributed by atoms with Crippen LogP contribution in [0.15, 0.2) is 0 Å². The molecule has 0 unspecified atom stereocenters. The summed E-state index contributed by atoms with van der Waals surface area (Å²) in [6.45, 7) is 0.816. The molecule has 6 N–H and O–H groups in total. The lowest BCUT2D eigenvalue weighted by molar-refractivity contribution is 0.115. The highest BCUT2D eigenvalue weighted by molar-refractivity contribution is 5.67. The lowest BCUT2D eigenvalue weighted by Crippen LogP contribution is -2.43. The third-order valence-corrected chi connectivity index (χ3v) is 3.07. The highest BCUT2D eigenvalue weighted by Crippen LogP contribution is 1.88. The summed E-state index contributed by atoms with van der Waals surface area (Å²) in [7, 11) is 0. The van der Waals surface area contributed by atoms with Gasteiger partial charge in [-0.05, 0) is 0 Å². The number of carbonyl (C=O) groups excluding carboxylic acids is 3. The maximum Gasteiger partial charge on any atom is 0.407 e. The summed E-state index contributed by atoms with van der Waals surface area (Å²) >= 11 is 0. The lowest BCUT2D eigenvalue weighted by Gasteiger charge is -2.22. The first-order chi connectivity index (χ1) is 13.5. The van der Waals surface area contributed by atoms with Gasteiger partial charge in [-0.25, -0.2) is 14.4 Å². The van der Waals surface area contributed by atoms with E-state index in [0.29, 0.717) is 19.6 Å². The molecule has 0 saturated carbocycles. The van der Waals surface area contributed by atoms with Gasteiger partial charge >= 0.3 is 18.3 Å². The van der Waals surface area contributed by atoms with E-state index in [2.05, 4.69) is 30.2 Å². The monoisotopic (exact) mass is 410 g/mol. The fourth-order valence-electron chi connectivity index (χ4n) is 1.85. The van der Waals surface area contributed by atoms with Gasteiger partial charge in [0, 0.05) is 39.3 Å². The molecule has 0 rings (SSSR count). The number of ether oxygens (including phenoxy) is 3. The van der Waals surface area contributed by atoms with Crippen LogP contribution in [0, 0.1) is 0 Å². The van der Waals surface area contributed by atoms with E-state index in [1.54, 1.807) is 0 Å². The first kappa shape index (κ1) is 25.6. The van der Waals surface area contributed by atoms with Crippen molar-refractivity contribution < 1.29 is 43.9 Å². The van der Waals surface area contributed by atoms with E-state index in [1.807, 2.05) is 4.90 Å². The van der Waals surface area contributed by atoms with Gasteiger partial charge in [-0.1, -0.05) is 0 Å². The number of aliphatic hydroxyl groups is 3. The number of aliphatic hydroxyl groups excluding tert-OH is 3. The Bertz CT molecular complexity index is 378. The number of hydrogen-bond donors (Lipinski definition) is 6. The molecule has 0 saturated heterocycles. The molecule has 0 aliphatic heterocycles. The van der Waals surface area contributed by atoms with Crippen LogP contribution in [-0.4, -0.2) is 117 Å². The van der Waals surface area contributed by atoms with Gasteiger partial charge in [0.05, 0.1) is 19.8 Å². The molecule has 0 heterocycles. The molecule has 0 atom stereocenters. The molecular weight excluding hydrogens is 380 g/mol. The van der Waals surface area contributed by atoms with Gasteiger partial charge in [-0.3, -0.25) is 4.90 Å². The molecule has 3 amide bonds. The van der Waals surface area contributed by atoms with Crippen molar-refractivity contribution in [3.63, 3.8) is 0 Å². The molecule has 0 aromatic rings. The molecule has 0 aromatic carbocycles. The normalized spacial score (nSPS) is 10.3. The van der Waals surface area contributed by atoms with Crippen LogP contribution >= 0.6 is 0 Å². The molecule has 0 spiro atoms. The van der Waals surface area contributed by atoms with Crippen LogP contribution < -0.4 is 16.0 Å². The van der Waals surface area contributed by atoms with E-state index in [0.717, 1.165) is 0 Å². The number of amides is 3. The Morgan fingerprint density at radius 1 is 0.607 bits per heavy atom. The van der Waals surface area contributed by atoms with Gasteiger partial charge in [0.25, 0.3) is 0 Å². The molecule has 13 nitrogen and oxygen atoms in total. The average Bonchev–Trinajstić information content (AvgIpc) is 2.68. The SMILES string of the molecule is O=C(NCCN(CCNC(=O)OCCO)CCNC(=O)OCCO)OCCO. The standard InChI is InChI=1S/C15H30N4O9/c20-7-10-26-13(23)16-1-4-19(5-2-17-14(24)27-11-8-21)6-3-18-15(25)28-12-9-22/h20-22H,1-12H2,(H,16,23)(H,17,24)(H,18,25). The second-order valence-corrected chi connectivity index (χ2v) is 5.20. The number of hydrogen-bond acceptors (Lipinski definition) is 10. The van der Waals surface area contributed by atoms with Crippen molar-refractivity contribution in [2.24, 2.45) is 0 Å². The molecule has 0 aliphatic rings.